The van der Waals surface area contributed by atoms with Crippen LogP contribution in [0.5, 0.6) is 0 Å². The Bertz CT molecular complexity index is 891. The molecule has 0 spiro atoms. The highest BCUT2D eigenvalue weighted by atomic mass is 16.4. The Morgan fingerprint density at radius 2 is 1.57 bits per heavy atom. The monoisotopic (exact) mass is 406 g/mol. The number of likely N-dealkylation sites (tertiary alicyclic amines) is 1. The van der Waals surface area contributed by atoms with Crippen LogP contribution in [0.4, 0.5) is 0 Å². The van der Waals surface area contributed by atoms with Crippen LogP contribution in [0.1, 0.15) is 37.3 Å². The molecule has 4 rings (SSSR count). The standard InChI is InChI=1S/C25H30N2O3/c1-19(28)17-26-24(20-8-4-2-5-9-20)12-14-27(15-13-24)18-22-16-25(22,23(29)30)21-10-6-3-7-11-21/h2-11,22,26H,12-18H2,1H3,(H,29,30). The molecule has 0 bridgehead atoms. The van der Waals surface area contributed by atoms with Gasteiger partial charge in [-0.1, -0.05) is 60.7 Å². The quantitative estimate of drug-likeness (QED) is 0.705. The van der Waals surface area contributed by atoms with E-state index >= 15 is 0 Å². The highest BCUT2D eigenvalue weighted by Gasteiger charge is 2.61. The zero-order chi connectivity index (χ0) is 21.2. The second-order valence-electron chi connectivity index (χ2n) is 8.85. The largest absolute Gasteiger partial charge is 0.481 e. The summed E-state index contributed by atoms with van der Waals surface area (Å²) in [4.78, 5) is 26.1. The number of carboxylic acids is 1. The first-order valence-corrected chi connectivity index (χ1v) is 10.8. The Balaban J connectivity index is 1.44. The van der Waals surface area contributed by atoms with Crippen LogP contribution in [0.15, 0.2) is 60.7 Å². The van der Waals surface area contributed by atoms with Gasteiger partial charge in [-0.2, -0.15) is 0 Å². The molecule has 1 aliphatic carbocycles. The fourth-order valence-electron chi connectivity index (χ4n) is 5.07. The lowest BCUT2D eigenvalue weighted by atomic mass is 9.80. The molecule has 0 amide bonds. The van der Waals surface area contributed by atoms with Gasteiger partial charge in [-0.15, -0.1) is 0 Å². The Morgan fingerprint density at radius 1 is 1.00 bits per heavy atom. The number of nitrogens with one attached hydrogen (secondary N) is 1. The third-order valence-corrected chi connectivity index (χ3v) is 6.97. The van der Waals surface area contributed by atoms with E-state index in [0.717, 1.165) is 38.0 Å². The van der Waals surface area contributed by atoms with E-state index in [0.29, 0.717) is 13.0 Å². The Morgan fingerprint density at radius 3 is 2.10 bits per heavy atom. The molecule has 1 saturated carbocycles. The van der Waals surface area contributed by atoms with E-state index < -0.39 is 11.4 Å². The number of aliphatic carboxylic acids is 1. The van der Waals surface area contributed by atoms with Gasteiger partial charge in [-0.3, -0.25) is 9.59 Å². The number of carbonyl (C=O) groups excluding carboxylic acids is 1. The van der Waals surface area contributed by atoms with Gasteiger partial charge in [-0.05, 0) is 43.2 Å². The van der Waals surface area contributed by atoms with E-state index in [1.165, 1.54) is 5.56 Å². The maximum Gasteiger partial charge on any atom is 0.314 e. The SMILES string of the molecule is CC(=O)CNC1(c2ccccc2)CCN(CC2CC2(C(=O)O)c2ccccc2)CC1. The van der Waals surface area contributed by atoms with Crippen LogP contribution < -0.4 is 5.32 Å². The summed E-state index contributed by atoms with van der Waals surface area (Å²) >= 11 is 0. The number of benzene rings is 2. The number of ketones is 1. The summed E-state index contributed by atoms with van der Waals surface area (Å²) in [5.41, 5.74) is 1.21. The molecule has 2 fully saturated rings. The number of carbonyl (C=O) groups is 2. The van der Waals surface area contributed by atoms with Gasteiger partial charge in [0.15, 0.2) is 0 Å². The average molecular weight is 407 g/mol. The highest BCUT2D eigenvalue weighted by molar-refractivity contribution is 5.86. The zero-order valence-corrected chi connectivity index (χ0v) is 17.5. The first kappa shape index (κ1) is 20.8. The van der Waals surface area contributed by atoms with Gasteiger partial charge in [0.1, 0.15) is 5.78 Å². The van der Waals surface area contributed by atoms with Crippen molar-refractivity contribution in [1.29, 1.82) is 0 Å². The van der Waals surface area contributed by atoms with E-state index in [1.54, 1.807) is 6.92 Å². The van der Waals surface area contributed by atoms with Crippen LogP contribution in [0.3, 0.4) is 0 Å². The number of rotatable bonds is 8. The zero-order valence-electron chi connectivity index (χ0n) is 17.5. The van der Waals surface area contributed by atoms with Crippen molar-refractivity contribution in [2.24, 2.45) is 5.92 Å². The molecule has 1 heterocycles. The van der Waals surface area contributed by atoms with Gasteiger partial charge in [0, 0.05) is 25.2 Å². The van der Waals surface area contributed by atoms with Crippen molar-refractivity contribution in [1.82, 2.24) is 10.2 Å². The summed E-state index contributed by atoms with van der Waals surface area (Å²) in [7, 11) is 0. The first-order chi connectivity index (χ1) is 14.5. The van der Waals surface area contributed by atoms with Gasteiger partial charge in [0.05, 0.1) is 12.0 Å². The predicted octanol–water partition coefficient (Wildman–Crippen LogP) is 3.20. The summed E-state index contributed by atoms with van der Waals surface area (Å²) in [6.45, 7) is 4.57. The van der Waals surface area contributed by atoms with Crippen LogP contribution in [0.2, 0.25) is 0 Å². The second-order valence-corrected chi connectivity index (χ2v) is 8.85. The van der Waals surface area contributed by atoms with Crippen molar-refractivity contribution in [2.75, 3.05) is 26.2 Å². The predicted molar refractivity (Wildman–Crippen MR) is 116 cm³/mol. The van der Waals surface area contributed by atoms with Crippen LogP contribution in [0.25, 0.3) is 0 Å². The summed E-state index contributed by atoms with van der Waals surface area (Å²) in [5, 5.41) is 13.5. The lowest BCUT2D eigenvalue weighted by Crippen LogP contribution is -2.52. The molecule has 5 nitrogen and oxygen atoms in total. The molecule has 5 heteroatoms. The highest BCUT2D eigenvalue weighted by Crippen LogP contribution is 2.55. The maximum atomic E-state index is 12.1. The molecule has 1 aliphatic heterocycles. The number of nitrogens with zero attached hydrogens (tertiary/aromatic N) is 1. The molecule has 2 unspecified atom stereocenters. The van der Waals surface area contributed by atoms with Gasteiger partial charge < -0.3 is 15.3 Å². The Kier molecular flexibility index (Phi) is 5.76. The van der Waals surface area contributed by atoms with E-state index in [1.807, 2.05) is 48.5 Å². The fraction of sp³-hybridized carbons (Fsp3) is 0.440. The minimum Gasteiger partial charge on any atom is -0.481 e. The van der Waals surface area contributed by atoms with Crippen molar-refractivity contribution < 1.29 is 14.7 Å². The van der Waals surface area contributed by atoms with Gasteiger partial charge in [-0.25, -0.2) is 0 Å². The summed E-state index contributed by atoms with van der Waals surface area (Å²) < 4.78 is 0. The maximum absolute atomic E-state index is 12.1. The Labute approximate surface area is 178 Å². The van der Waals surface area contributed by atoms with E-state index in [4.69, 9.17) is 0 Å². The summed E-state index contributed by atoms with van der Waals surface area (Å²) in [6.07, 6.45) is 2.51. The second kappa shape index (κ2) is 8.32. The van der Waals surface area contributed by atoms with Crippen LogP contribution >= 0.6 is 0 Å². The topological polar surface area (TPSA) is 69.6 Å². The summed E-state index contributed by atoms with van der Waals surface area (Å²) in [6, 6.07) is 20.0. The van der Waals surface area contributed by atoms with Crippen molar-refractivity contribution in [2.45, 2.75) is 37.1 Å². The van der Waals surface area contributed by atoms with Gasteiger partial charge in [0.25, 0.3) is 0 Å². The molecule has 2 aliphatic rings. The third-order valence-electron chi connectivity index (χ3n) is 6.97. The Hall–Kier alpha value is -2.50. The molecule has 30 heavy (non-hydrogen) atoms. The molecule has 2 atom stereocenters. The van der Waals surface area contributed by atoms with Crippen molar-refractivity contribution in [3.05, 3.63) is 71.8 Å². The third kappa shape index (κ3) is 3.92. The molecular weight excluding hydrogens is 376 g/mol. The molecule has 2 N–H and O–H groups in total. The normalized spacial score (nSPS) is 25.6. The van der Waals surface area contributed by atoms with E-state index in [9.17, 15) is 14.7 Å². The molecule has 2 aromatic rings. The molecule has 2 aromatic carbocycles. The lowest BCUT2D eigenvalue weighted by Gasteiger charge is -2.43. The average Bonchev–Trinajstić information content (AvgIpc) is 3.50. The van der Waals surface area contributed by atoms with E-state index in [-0.39, 0.29) is 17.2 Å². The van der Waals surface area contributed by atoms with Crippen LogP contribution in [-0.2, 0) is 20.5 Å². The fourth-order valence-corrected chi connectivity index (χ4v) is 5.07. The molecule has 0 aromatic heterocycles. The van der Waals surface area contributed by atoms with E-state index in [2.05, 4.69) is 22.3 Å². The number of carboxylic acid groups (broad SMARTS) is 1. The first-order valence-electron chi connectivity index (χ1n) is 10.8. The lowest BCUT2D eigenvalue weighted by molar-refractivity contribution is -0.140. The molecule has 158 valence electrons. The number of Topliss-reactive ketones (excluding diaryl/α,β-unsaturated/α-hetero) is 1. The molecule has 0 radical (unpaired) electrons. The van der Waals surface area contributed by atoms with Crippen molar-refractivity contribution in [3.8, 4) is 0 Å². The number of hydrogen-bond acceptors (Lipinski definition) is 4. The van der Waals surface area contributed by atoms with Crippen LogP contribution in [0, 0.1) is 5.92 Å². The minimum absolute atomic E-state index is 0.139. The van der Waals surface area contributed by atoms with Crippen molar-refractivity contribution >= 4 is 11.8 Å². The van der Waals surface area contributed by atoms with Crippen molar-refractivity contribution in [3.63, 3.8) is 0 Å². The van der Waals surface area contributed by atoms with Gasteiger partial charge >= 0.3 is 5.97 Å². The summed E-state index contributed by atoms with van der Waals surface area (Å²) in [5.74, 6) is -0.427. The number of hydrogen-bond donors (Lipinski definition) is 2. The minimum atomic E-state index is -0.734. The molecule has 1 saturated heterocycles. The van der Waals surface area contributed by atoms with Crippen LogP contribution in [-0.4, -0.2) is 47.9 Å². The number of piperidine rings is 1. The smallest absolute Gasteiger partial charge is 0.314 e. The van der Waals surface area contributed by atoms with Gasteiger partial charge in [0.2, 0.25) is 0 Å². The molecular formula is C25H30N2O3.